The van der Waals surface area contributed by atoms with Crippen LogP contribution in [0, 0.1) is 6.92 Å². The number of aryl methyl sites for hydroxylation is 1. The molecule has 0 fully saturated rings. The van der Waals surface area contributed by atoms with Gasteiger partial charge in [0.2, 0.25) is 0 Å². The van der Waals surface area contributed by atoms with E-state index in [1.807, 2.05) is 24.3 Å². The Labute approximate surface area is 149 Å². The number of benzene rings is 1. The van der Waals surface area contributed by atoms with Crippen molar-refractivity contribution in [2.24, 2.45) is 0 Å². The highest BCUT2D eigenvalue weighted by molar-refractivity contribution is 7.99. The van der Waals surface area contributed by atoms with E-state index in [1.165, 1.54) is 18.9 Å². The van der Waals surface area contributed by atoms with Crippen molar-refractivity contribution < 1.29 is 19.0 Å². The fourth-order valence-corrected chi connectivity index (χ4v) is 3.08. The van der Waals surface area contributed by atoms with Gasteiger partial charge in [0.1, 0.15) is 22.1 Å². The Hall–Kier alpha value is -2.48. The van der Waals surface area contributed by atoms with Gasteiger partial charge in [0.05, 0.1) is 20.8 Å². The number of esters is 1. The average molecular weight is 364 g/mol. The number of hydrogen-bond donors (Lipinski definition) is 1. The fraction of sp³-hybridized carbons (Fsp3) is 0.353. The summed E-state index contributed by atoms with van der Waals surface area (Å²) in [4.78, 5) is 29.8. The van der Waals surface area contributed by atoms with Gasteiger partial charge in [-0.05, 0) is 37.6 Å². The summed E-state index contributed by atoms with van der Waals surface area (Å²) >= 11 is 1.33. The molecule has 0 unspecified atom stereocenters. The normalized spacial score (nSPS) is 10.4. The molecule has 7 nitrogen and oxygen atoms in total. The van der Waals surface area contributed by atoms with E-state index in [2.05, 4.69) is 9.97 Å². The zero-order valence-electron chi connectivity index (χ0n) is 14.3. The van der Waals surface area contributed by atoms with Gasteiger partial charge in [-0.25, -0.2) is 9.59 Å². The molecule has 0 saturated heterocycles. The smallest absolute Gasteiger partial charge is 0.346 e. The van der Waals surface area contributed by atoms with Crippen molar-refractivity contribution in [3.05, 3.63) is 46.0 Å². The third kappa shape index (κ3) is 5.25. The van der Waals surface area contributed by atoms with Gasteiger partial charge >= 0.3 is 11.7 Å². The lowest BCUT2D eigenvalue weighted by Gasteiger charge is -2.09. The summed E-state index contributed by atoms with van der Waals surface area (Å²) in [5.74, 6) is 1.66. The fourth-order valence-electron chi connectivity index (χ4n) is 2.10. The number of H-pyrrole nitrogens is 1. The highest BCUT2D eigenvalue weighted by atomic mass is 32.2. The predicted molar refractivity (Wildman–Crippen MR) is 94.8 cm³/mol. The Morgan fingerprint density at radius 3 is 2.52 bits per heavy atom. The maximum Gasteiger partial charge on any atom is 0.346 e. The molecule has 2 rings (SSSR count). The van der Waals surface area contributed by atoms with Crippen LogP contribution < -0.4 is 15.2 Å². The molecular weight excluding hydrogens is 344 g/mol. The van der Waals surface area contributed by atoms with E-state index >= 15 is 0 Å². The number of aromatic amines is 1. The zero-order chi connectivity index (χ0) is 18.2. The van der Waals surface area contributed by atoms with E-state index in [0.29, 0.717) is 28.6 Å². The summed E-state index contributed by atoms with van der Waals surface area (Å²) in [7, 11) is 2.91. The number of nitrogens with zero attached hydrogens (tertiary/aromatic N) is 1. The first-order valence-electron chi connectivity index (χ1n) is 7.64. The number of ether oxygens (including phenoxy) is 3. The van der Waals surface area contributed by atoms with E-state index in [1.54, 1.807) is 14.0 Å². The van der Waals surface area contributed by atoms with Crippen molar-refractivity contribution >= 4 is 17.7 Å². The minimum Gasteiger partial charge on any atom is -0.497 e. The molecule has 0 aliphatic carbocycles. The summed E-state index contributed by atoms with van der Waals surface area (Å²) in [5.41, 5.74) is 0.258. The van der Waals surface area contributed by atoms with Crippen LogP contribution in [0.1, 0.15) is 22.5 Å². The zero-order valence-corrected chi connectivity index (χ0v) is 15.1. The summed E-state index contributed by atoms with van der Waals surface area (Å²) in [6.45, 7) is 2.15. The van der Waals surface area contributed by atoms with Gasteiger partial charge in [-0.1, -0.05) is 0 Å². The van der Waals surface area contributed by atoms with Crippen molar-refractivity contribution in [2.75, 3.05) is 26.6 Å². The van der Waals surface area contributed by atoms with Crippen LogP contribution in [0.3, 0.4) is 0 Å². The largest absolute Gasteiger partial charge is 0.497 e. The van der Waals surface area contributed by atoms with Crippen LogP contribution in [-0.2, 0) is 4.74 Å². The summed E-state index contributed by atoms with van der Waals surface area (Å²) < 4.78 is 15.5. The lowest BCUT2D eigenvalue weighted by molar-refractivity contribution is 0.0594. The third-order valence-electron chi connectivity index (χ3n) is 3.33. The Bertz CT molecular complexity index is 774. The predicted octanol–water partition coefficient (Wildman–Crippen LogP) is 2.43. The lowest BCUT2D eigenvalue weighted by atomic mass is 10.2. The lowest BCUT2D eigenvalue weighted by Crippen LogP contribution is -2.19. The van der Waals surface area contributed by atoms with Crippen molar-refractivity contribution in [3.63, 3.8) is 0 Å². The molecule has 0 spiro atoms. The summed E-state index contributed by atoms with van der Waals surface area (Å²) in [6, 6.07) is 7.33. The Balaban J connectivity index is 1.89. The monoisotopic (exact) mass is 364 g/mol. The van der Waals surface area contributed by atoms with Crippen molar-refractivity contribution in [3.8, 4) is 11.5 Å². The Morgan fingerprint density at radius 1 is 1.20 bits per heavy atom. The number of aromatic nitrogens is 2. The van der Waals surface area contributed by atoms with Crippen molar-refractivity contribution in [1.29, 1.82) is 0 Å². The molecular formula is C17H20N2O5S. The molecule has 0 bridgehead atoms. The molecule has 25 heavy (non-hydrogen) atoms. The summed E-state index contributed by atoms with van der Waals surface area (Å²) in [6.07, 6.45) is 0.727. The van der Waals surface area contributed by atoms with Gasteiger partial charge in [-0.15, -0.1) is 11.8 Å². The van der Waals surface area contributed by atoms with E-state index in [-0.39, 0.29) is 0 Å². The minimum atomic E-state index is -0.516. The van der Waals surface area contributed by atoms with Crippen LogP contribution in [0.15, 0.2) is 34.1 Å². The number of methoxy groups -OCH3 is 2. The molecule has 1 N–H and O–H groups in total. The molecule has 0 saturated carbocycles. The van der Waals surface area contributed by atoms with E-state index in [0.717, 1.165) is 17.9 Å². The minimum absolute atomic E-state index is 0.295. The van der Waals surface area contributed by atoms with Crippen LogP contribution in [0.2, 0.25) is 0 Å². The molecule has 0 amide bonds. The van der Waals surface area contributed by atoms with Gasteiger partial charge in [0.15, 0.2) is 0 Å². The van der Waals surface area contributed by atoms with Crippen LogP contribution in [0.4, 0.5) is 0 Å². The first-order chi connectivity index (χ1) is 12.0. The highest BCUT2D eigenvalue weighted by Gasteiger charge is 2.18. The molecule has 134 valence electrons. The maximum atomic E-state index is 11.9. The first-order valence-corrected chi connectivity index (χ1v) is 8.62. The first kappa shape index (κ1) is 18.9. The van der Waals surface area contributed by atoms with Crippen LogP contribution in [0.25, 0.3) is 0 Å². The van der Waals surface area contributed by atoms with Gasteiger partial charge < -0.3 is 19.2 Å². The molecule has 0 aliphatic heterocycles. The van der Waals surface area contributed by atoms with Crippen LogP contribution in [0.5, 0.6) is 11.5 Å². The standard InChI is InChI=1S/C17H20N2O5S/c1-11-14(16(20)23-3)15(19-17(21)18-11)25-10-4-9-24-13-7-5-12(22-2)6-8-13/h5-8H,4,9-10H2,1-3H3,(H,18,19,21). The third-order valence-corrected chi connectivity index (χ3v) is 4.39. The average Bonchev–Trinajstić information content (AvgIpc) is 2.61. The maximum absolute atomic E-state index is 11.9. The van der Waals surface area contributed by atoms with Crippen molar-refractivity contribution in [1.82, 2.24) is 9.97 Å². The molecule has 0 radical (unpaired) electrons. The number of hydrogen-bond acceptors (Lipinski definition) is 7. The second-order valence-electron chi connectivity index (χ2n) is 5.06. The second kappa shape index (κ2) is 9.12. The Morgan fingerprint density at radius 2 is 1.88 bits per heavy atom. The van der Waals surface area contributed by atoms with Crippen molar-refractivity contribution in [2.45, 2.75) is 18.4 Å². The van der Waals surface area contributed by atoms with Gasteiger partial charge in [0, 0.05) is 11.4 Å². The van der Waals surface area contributed by atoms with Crippen LogP contribution in [-0.4, -0.2) is 42.5 Å². The van der Waals surface area contributed by atoms with E-state index in [9.17, 15) is 9.59 Å². The number of carbonyl (C=O) groups is 1. The van der Waals surface area contributed by atoms with Crippen LogP contribution >= 0.6 is 11.8 Å². The quantitative estimate of drug-likeness (QED) is 0.333. The molecule has 8 heteroatoms. The molecule has 1 aromatic carbocycles. The van der Waals surface area contributed by atoms with E-state index in [4.69, 9.17) is 14.2 Å². The molecule has 0 aliphatic rings. The molecule has 0 atom stereocenters. The Kier molecular flexibility index (Phi) is 6.88. The molecule has 1 aromatic heterocycles. The van der Waals surface area contributed by atoms with Gasteiger partial charge in [-0.2, -0.15) is 4.98 Å². The molecule has 1 heterocycles. The number of rotatable bonds is 8. The summed E-state index contributed by atoms with van der Waals surface area (Å²) in [5, 5.41) is 0.373. The second-order valence-corrected chi connectivity index (χ2v) is 6.15. The topological polar surface area (TPSA) is 90.5 Å². The number of nitrogens with one attached hydrogen (secondary N) is 1. The van der Waals surface area contributed by atoms with Gasteiger partial charge in [0.25, 0.3) is 0 Å². The van der Waals surface area contributed by atoms with E-state index < -0.39 is 11.7 Å². The SMILES string of the molecule is COC(=O)c1c(SCCCOc2ccc(OC)cc2)nc(=O)[nH]c1C. The number of thioether (sulfide) groups is 1. The molecule has 2 aromatic rings. The van der Waals surface area contributed by atoms with Gasteiger partial charge in [-0.3, -0.25) is 0 Å². The highest BCUT2D eigenvalue weighted by Crippen LogP contribution is 2.22. The number of carbonyl (C=O) groups excluding carboxylic acids is 1.